The summed E-state index contributed by atoms with van der Waals surface area (Å²) in [6.07, 6.45) is 3.34. The summed E-state index contributed by atoms with van der Waals surface area (Å²) in [5.74, 6) is 0.391. The van der Waals surface area contributed by atoms with Crippen LogP contribution in [-0.4, -0.2) is 14.5 Å². The van der Waals surface area contributed by atoms with E-state index >= 15 is 0 Å². The molecule has 1 unspecified atom stereocenters. The highest BCUT2D eigenvalue weighted by atomic mass is 32.1. The fourth-order valence-corrected chi connectivity index (χ4v) is 2.94. The Morgan fingerprint density at radius 3 is 2.79 bits per heavy atom. The van der Waals surface area contributed by atoms with Crippen LogP contribution in [0.3, 0.4) is 0 Å². The minimum absolute atomic E-state index is 0.0270. The average molecular weight is 278 g/mol. The van der Waals surface area contributed by atoms with E-state index in [1.165, 1.54) is 0 Å². The van der Waals surface area contributed by atoms with Crippen molar-refractivity contribution in [2.24, 2.45) is 0 Å². The molecule has 0 aliphatic rings. The van der Waals surface area contributed by atoms with E-state index in [4.69, 9.17) is 0 Å². The number of nitrogens with zero attached hydrogens (tertiary/aromatic N) is 3. The Morgan fingerprint density at radius 1 is 1.47 bits per heavy atom. The predicted octanol–water partition coefficient (Wildman–Crippen LogP) is 2.51. The van der Waals surface area contributed by atoms with Gasteiger partial charge in [-0.15, -0.1) is 11.3 Å². The van der Waals surface area contributed by atoms with Crippen molar-refractivity contribution >= 4 is 17.2 Å². The molecule has 102 valence electrons. The molecular weight excluding hydrogens is 260 g/mol. The third-order valence-electron chi connectivity index (χ3n) is 2.94. The standard InChI is InChI=1S/C13H18N4OS/c1-5-17-7-6-14-12(13(17)18)16-9(3)11-8(2)15-10(4)19-11/h6-7,9H,5H2,1-4H3,(H,14,16). The van der Waals surface area contributed by atoms with Crippen molar-refractivity contribution in [1.29, 1.82) is 0 Å². The molecule has 2 aromatic heterocycles. The lowest BCUT2D eigenvalue weighted by Crippen LogP contribution is -2.24. The van der Waals surface area contributed by atoms with Gasteiger partial charge in [-0.1, -0.05) is 0 Å². The first-order valence-corrected chi connectivity index (χ1v) is 7.10. The molecule has 0 spiro atoms. The molecule has 19 heavy (non-hydrogen) atoms. The molecular formula is C13H18N4OS. The highest BCUT2D eigenvalue weighted by Gasteiger charge is 2.15. The highest BCUT2D eigenvalue weighted by Crippen LogP contribution is 2.26. The van der Waals surface area contributed by atoms with Crippen LogP contribution < -0.4 is 10.9 Å². The van der Waals surface area contributed by atoms with Gasteiger partial charge >= 0.3 is 0 Å². The third-order valence-corrected chi connectivity index (χ3v) is 4.20. The molecule has 6 heteroatoms. The zero-order valence-electron chi connectivity index (χ0n) is 11.6. The van der Waals surface area contributed by atoms with Crippen molar-refractivity contribution in [1.82, 2.24) is 14.5 Å². The number of hydrogen-bond acceptors (Lipinski definition) is 5. The van der Waals surface area contributed by atoms with E-state index in [0.717, 1.165) is 15.6 Å². The number of aryl methyl sites for hydroxylation is 3. The van der Waals surface area contributed by atoms with Crippen LogP contribution in [0, 0.1) is 13.8 Å². The summed E-state index contributed by atoms with van der Waals surface area (Å²) in [6.45, 7) is 8.57. The van der Waals surface area contributed by atoms with E-state index in [9.17, 15) is 4.79 Å². The summed E-state index contributed by atoms with van der Waals surface area (Å²) in [7, 11) is 0. The maximum Gasteiger partial charge on any atom is 0.293 e. The summed E-state index contributed by atoms with van der Waals surface area (Å²) in [6, 6.07) is 0.0270. The topological polar surface area (TPSA) is 59.8 Å². The van der Waals surface area contributed by atoms with Gasteiger partial charge in [-0.3, -0.25) is 4.79 Å². The second-order valence-corrected chi connectivity index (χ2v) is 5.65. The zero-order valence-corrected chi connectivity index (χ0v) is 12.4. The van der Waals surface area contributed by atoms with Crippen LogP contribution >= 0.6 is 11.3 Å². The maximum absolute atomic E-state index is 12.1. The van der Waals surface area contributed by atoms with Crippen molar-refractivity contribution < 1.29 is 0 Å². The molecule has 0 fully saturated rings. The quantitative estimate of drug-likeness (QED) is 0.933. The van der Waals surface area contributed by atoms with Crippen LogP contribution in [-0.2, 0) is 6.54 Å². The van der Waals surface area contributed by atoms with E-state index in [-0.39, 0.29) is 11.6 Å². The molecule has 0 amide bonds. The van der Waals surface area contributed by atoms with E-state index in [0.29, 0.717) is 12.4 Å². The fraction of sp³-hybridized carbons (Fsp3) is 0.462. The Kier molecular flexibility index (Phi) is 3.99. The van der Waals surface area contributed by atoms with Crippen molar-refractivity contribution in [3.63, 3.8) is 0 Å². The van der Waals surface area contributed by atoms with Gasteiger partial charge in [-0.2, -0.15) is 0 Å². The molecule has 1 atom stereocenters. The molecule has 0 saturated carbocycles. The minimum Gasteiger partial charge on any atom is -0.358 e. The Labute approximate surface area is 116 Å². The SMILES string of the molecule is CCn1ccnc(NC(C)c2sc(C)nc2C)c1=O. The van der Waals surface area contributed by atoms with Crippen LogP contribution in [0.1, 0.15) is 35.5 Å². The Bertz CT molecular complexity index is 632. The number of anilines is 1. The summed E-state index contributed by atoms with van der Waals surface area (Å²) >= 11 is 1.65. The predicted molar refractivity (Wildman–Crippen MR) is 77.8 cm³/mol. The first-order chi connectivity index (χ1) is 9.02. The van der Waals surface area contributed by atoms with E-state index < -0.39 is 0 Å². The Hall–Kier alpha value is -1.69. The van der Waals surface area contributed by atoms with Crippen molar-refractivity contribution in [3.8, 4) is 0 Å². The first-order valence-electron chi connectivity index (χ1n) is 6.28. The molecule has 0 saturated heterocycles. The summed E-state index contributed by atoms with van der Waals surface area (Å²) in [4.78, 5) is 21.8. The molecule has 2 rings (SSSR count). The van der Waals surface area contributed by atoms with Crippen LogP contribution in [0.25, 0.3) is 0 Å². The van der Waals surface area contributed by atoms with Gasteiger partial charge in [-0.05, 0) is 27.7 Å². The lowest BCUT2D eigenvalue weighted by Gasteiger charge is -2.13. The second-order valence-electron chi connectivity index (χ2n) is 4.42. The second kappa shape index (κ2) is 5.52. The van der Waals surface area contributed by atoms with Gasteiger partial charge in [0.15, 0.2) is 5.82 Å². The molecule has 5 nitrogen and oxygen atoms in total. The summed E-state index contributed by atoms with van der Waals surface area (Å²) in [5, 5.41) is 4.22. The van der Waals surface area contributed by atoms with Gasteiger partial charge in [0.05, 0.1) is 16.7 Å². The number of nitrogens with one attached hydrogen (secondary N) is 1. The summed E-state index contributed by atoms with van der Waals surface area (Å²) in [5.41, 5.74) is 0.921. The van der Waals surface area contributed by atoms with Crippen molar-refractivity contribution in [3.05, 3.63) is 38.3 Å². The molecule has 1 N–H and O–H groups in total. The van der Waals surface area contributed by atoms with Gasteiger partial charge in [0.25, 0.3) is 5.56 Å². The minimum atomic E-state index is -0.0873. The molecule has 0 aliphatic carbocycles. The normalized spacial score (nSPS) is 12.4. The zero-order chi connectivity index (χ0) is 14.0. The Balaban J connectivity index is 2.26. The number of aromatic nitrogens is 3. The maximum atomic E-state index is 12.1. The van der Waals surface area contributed by atoms with Crippen LogP contribution in [0.2, 0.25) is 0 Å². The molecule has 2 heterocycles. The molecule has 0 aliphatic heterocycles. The fourth-order valence-electron chi connectivity index (χ4n) is 2.01. The molecule has 0 radical (unpaired) electrons. The number of hydrogen-bond donors (Lipinski definition) is 1. The Morgan fingerprint density at radius 2 is 2.21 bits per heavy atom. The van der Waals surface area contributed by atoms with Gasteiger partial charge < -0.3 is 9.88 Å². The summed E-state index contributed by atoms with van der Waals surface area (Å²) < 4.78 is 1.63. The van der Waals surface area contributed by atoms with Crippen molar-refractivity contribution in [2.75, 3.05) is 5.32 Å². The molecule has 2 aromatic rings. The number of thiazole rings is 1. The lowest BCUT2D eigenvalue weighted by atomic mass is 10.2. The van der Waals surface area contributed by atoms with Gasteiger partial charge in [0.2, 0.25) is 0 Å². The van der Waals surface area contributed by atoms with Crippen molar-refractivity contribution in [2.45, 2.75) is 40.3 Å². The van der Waals surface area contributed by atoms with Crippen LogP contribution in [0.15, 0.2) is 17.2 Å². The average Bonchev–Trinajstić information content (AvgIpc) is 2.71. The largest absolute Gasteiger partial charge is 0.358 e. The van der Waals surface area contributed by atoms with Gasteiger partial charge in [-0.25, -0.2) is 9.97 Å². The van der Waals surface area contributed by atoms with E-state index in [1.54, 1.807) is 28.3 Å². The first kappa shape index (κ1) is 13.7. The lowest BCUT2D eigenvalue weighted by molar-refractivity contribution is 0.714. The monoisotopic (exact) mass is 278 g/mol. The van der Waals surface area contributed by atoms with E-state index in [2.05, 4.69) is 15.3 Å². The van der Waals surface area contributed by atoms with Crippen LogP contribution in [0.4, 0.5) is 5.82 Å². The van der Waals surface area contributed by atoms with E-state index in [1.807, 2.05) is 27.7 Å². The molecule has 0 bridgehead atoms. The molecule has 0 aromatic carbocycles. The van der Waals surface area contributed by atoms with Gasteiger partial charge in [0.1, 0.15) is 0 Å². The van der Waals surface area contributed by atoms with Gasteiger partial charge in [0, 0.05) is 23.8 Å². The van der Waals surface area contributed by atoms with Crippen LogP contribution in [0.5, 0.6) is 0 Å². The number of rotatable bonds is 4. The third kappa shape index (κ3) is 2.84. The smallest absolute Gasteiger partial charge is 0.293 e. The highest BCUT2D eigenvalue weighted by molar-refractivity contribution is 7.11.